The first kappa shape index (κ1) is 21.6. The summed E-state index contributed by atoms with van der Waals surface area (Å²) in [5.74, 6) is -10.5. The Balaban J connectivity index is 3.40. The van der Waals surface area contributed by atoms with Crippen LogP contribution in [0.5, 0.6) is 0 Å². The molecule has 0 spiro atoms. The van der Waals surface area contributed by atoms with Gasteiger partial charge in [0.15, 0.2) is 23.3 Å². The highest BCUT2D eigenvalue weighted by Gasteiger charge is 2.29. The molecule has 0 aromatic heterocycles. The number of aliphatic hydroxyl groups excluding tert-OH is 1. The topological polar surface area (TPSA) is 75.6 Å². The van der Waals surface area contributed by atoms with E-state index in [-0.39, 0.29) is 19.3 Å². The maximum absolute atomic E-state index is 13.9. The van der Waals surface area contributed by atoms with Crippen molar-refractivity contribution in [1.29, 1.82) is 0 Å². The van der Waals surface area contributed by atoms with E-state index in [9.17, 15) is 32.3 Å². The Bertz CT molecular complexity index is 730. The lowest BCUT2D eigenvalue weighted by Crippen LogP contribution is -2.42. The average Bonchev–Trinajstić information content (AvgIpc) is 2.62. The zero-order chi connectivity index (χ0) is 20.1. The van der Waals surface area contributed by atoms with Crippen molar-refractivity contribution in [3.8, 4) is 0 Å². The van der Waals surface area contributed by atoms with Gasteiger partial charge in [0.2, 0.25) is 5.78 Å². The quantitative estimate of drug-likeness (QED) is 0.106. The minimum absolute atomic E-state index is 0.122. The molecule has 9 heteroatoms. The van der Waals surface area contributed by atoms with Gasteiger partial charge in [-0.05, 0) is 26.3 Å². The molecule has 0 aliphatic carbocycles. The Morgan fingerprint density at radius 1 is 1.19 bits per heavy atom. The Morgan fingerprint density at radius 3 is 2.31 bits per heavy atom. The minimum atomic E-state index is -2.17. The Kier molecular flexibility index (Phi) is 7.31. The van der Waals surface area contributed by atoms with E-state index in [0.717, 1.165) is 6.20 Å². The number of halogens is 4. The van der Waals surface area contributed by atoms with Crippen LogP contribution in [0.25, 0.3) is 0 Å². The van der Waals surface area contributed by atoms with Crippen molar-refractivity contribution >= 4 is 11.8 Å². The van der Waals surface area contributed by atoms with Crippen LogP contribution in [0.4, 0.5) is 17.6 Å². The van der Waals surface area contributed by atoms with Gasteiger partial charge in [-0.1, -0.05) is 6.92 Å². The lowest BCUT2D eigenvalue weighted by atomic mass is 9.99. The lowest BCUT2D eigenvalue weighted by molar-refractivity contribution is -0.138. The normalized spacial score (nSPS) is 13.9. The molecule has 0 radical (unpaired) electrons. The summed E-state index contributed by atoms with van der Waals surface area (Å²) in [6.45, 7) is 4.26. The molecule has 0 saturated carbocycles. The summed E-state index contributed by atoms with van der Waals surface area (Å²) < 4.78 is 58.4. The highest BCUT2D eigenvalue weighted by molar-refractivity contribution is 6.24. The van der Waals surface area contributed by atoms with Crippen molar-refractivity contribution in [2.24, 2.45) is 0 Å². The highest BCUT2D eigenvalue weighted by atomic mass is 19.2. The van der Waals surface area contributed by atoms with Crippen molar-refractivity contribution in [3.05, 3.63) is 46.7 Å². The molecule has 0 amide bonds. The number of hydrogen-bond acceptors (Lipinski definition) is 5. The van der Waals surface area contributed by atoms with E-state index in [4.69, 9.17) is 0 Å². The van der Waals surface area contributed by atoms with E-state index in [1.54, 1.807) is 13.8 Å². The predicted octanol–water partition coefficient (Wildman–Crippen LogP) is 2.62. The van der Waals surface area contributed by atoms with Crippen LogP contribution in [0, 0.1) is 23.3 Å². The van der Waals surface area contributed by atoms with Gasteiger partial charge >= 0.3 is 5.97 Å². The Hall–Kier alpha value is -2.42. The molecular formula is C17H19F4NO4. The number of Topliss-reactive ketones (excluding diaryl/α,β-unsaturated/α-hetero) is 1. The van der Waals surface area contributed by atoms with E-state index in [1.807, 2.05) is 0 Å². The number of rotatable bonds is 8. The van der Waals surface area contributed by atoms with E-state index >= 15 is 0 Å². The molecule has 26 heavy (non-hydrogen) atoms. The van der Waals surface area contributed by atoms with Gasteiger partial charge in [0.25, 0.3) is 0 Å². The van der Waals surface area contributed by atoms with Crippen LogP contribution in [0.1, 0.15) is 37.6 Å². The van der Waals surface area contributed by atoms with Crippen LogP contribution in [0.3, 0.4) is 0 Å². The smallest absolute Gasteiger partial charge is 0.343 e. The molecule has 1 unspecified atom stereocenters. The summed E-state index contributed by atoms with van der Waals surface area (Å²) >= 11 is 0. The summed E-state index contributed by atoms with van der Waals surface area (Å²) in [7, 11) is 0. The van der Waals surface area contributed by atoms with Gasteiger partial charge in [-0.25, -0.2) is 22.4 Å². The molecule has 1 aromatic carbocycles. The third-order valence-corrected chi connectivity index (χ3v) is 3.78. The molecule has 0 bridgehead atoms. The van der Waals surface area contributed by atoms with Gasteiger partial charge in [0, 0.05) is 6.20 Å². The Labute approximate surface area is 147 Å². The zero-order valence-electron chi connectivity index (χ0n) is 14.5. The predicted molar refractivity (Wildman–Crippen MR) is 84.2 cm³/mol. The molecule has 0 heterocycles. The number of ketones is 1. The van der Waals surface area contributed by atoms with Gasteiger partial charge in [-0.2, -0.15) is 0 Å². The minimum Gasteiger partial charge on any atom is -0.462 e. The first-order valence-corrected chi connectivity index (χ1v) is 7.75. The molecule has 5 nitrogen and oxygen atoms in total. The monoisotopic (exact) mass is 377 g/mol. The fourth-order valence-corrected chi connectivity index (χ4v) is 1.82. The first-order chi connectivity index (χ1) is 12.1. The highest BCUT2D eigenvalue weighted by Crippen LogP contribution is 2.22. The van der Waals surface area contributed by atoms with Crippen molar-refractivity contribution in [3.63, 3.8) is 0 Å². The van der Waals surface area contributed by atoms with E-state index in [1.165, 1.54) is 6.92 Å². The van der Waals surface area contributed by atoms with E-state index < -0.39 is 51.7 Å². The molecule has 0 saturated heterocycles. The van der Waals surface area contributed by atoms with Crippen molar-refractivity contribution in [2.75, 3.05) is 13.2 Å². The second kappa shape index (κ2) is 8.79. The third kappa shape index (κ3) is 4.60. The number of carbonyl (C=O) groups is 2. The number of hydrogen-bond donors (Lipinski definition) is 2. The number of ether oxygens (including phenoxy) is 1. The molecule has 144 valence electrons. The maximum atomic E-state index is 13.9. The van der Waals surface area contributed by atoms with E-state index in [2.05, 4.69) is 10.1 Å². The van der Waals surface area contributed by atoms with Gasteiger partial charge in [-0.15, -0.1) is 0 Å². The standard InChI is InChI=1S/C17H19F4NO4/c1-4-17(3,8-23)22-7-10(16(25)26-5-2)15(24)9-6-11(18)13(20)14(21)12(9)19/h6-7,22-23H,4-5,8H2,1-3H3. The second-order valence-corrected chi connectivity index (χ2v) is 5.67. The zero-order valence-corrected chi connectivity index (χ0v) is 14.5. The van der Waals surface area contributed by atoms with Gasteiger partial charge < -0.3 is 15.2 Å². The molecule has 2 N–H and O–H groups in total. The van der Waals surface area contributed by atoms with Crippen LogP contribution >= 0.6 is 0 Å². The average molecular weight is 377 g/mol. The second-order valence-electron chi connectivity index (χ2n) is 5.67. The Morgan fingerprint density at radius 2 is 1.81 bits per heavy atom. The van der Waals surface area contributed by atoms with Crippen LogP contribution in [0.2, 0.25) is 0 Å². The summed E-state index contributed by atoms with van der Waals surface area (Å²) in [5.41, 5.74) is -2.84. The fourth-order valence-electron chi connectivity index (χ4n) is 1.82. The number of esters is 1. The fraction of sp³-hybridized carbons (Fsp3) is 0.412. The molecule has 1 atom stereocenters. The number of carbonyl (C=O) groups excluding carboxylic acids is 2. The molecule has 0 aliphatic heterocycles. The van der Waals surface area contributed by atoms with Gasteiger partial charge in [0.05, 0.1) is 24.3 Å². The van der Waals surface area contributed by atoms with Crippen molar-refractivity contribution < 1.29 is 37.0 Å². The largest absolute Gasteiger partial charge is 0.462 e. The molecular weight excluding hydrogens is 358 g/mol. The summed E-state index contributed by atoms with van der Waals surface area (Å²) in [5, 5.41) is 12.0. The molecule has 0 fully saturated rings. The maximum Gasteiger partial charge on any atom is 0.343 e. The SMILES string of the molecule is CCOC(=O)C(=CNC(C)(CC)CO)C(=O)c1cc(F)c(F)c(F)c1F. The third-order valence-electron chi connectivity index (χ3n) is 3.78. The number of benzene rings is 1. The van der Waals surface area contributed by atoms with E-state index in [0.29, 0.717) is 6.42 Å². The summed E-state index contributed by atoms with van der Waals surface area (Å²) in [6, 6.07) is 0.161. The lowest BCUT2D eigenvalue weighted by Gasteiger charge is -2.26. The molecule has 1 aromatic rings. The molecule has 1 rings (SSSR count). The van der Waals surface area contributed by atoms with Crippen LogP contribution in [0.15, 0.2) is 17.8 Å². The van der Waals surface area contributed by atoms with Crippen LogP contribution in [-0.2, 0) is 9.53 Å². The number of nitrogens with one attached hydrogen (secondary N) is 1. The summed E-state index contributed by atoms with van der Waals surface area (Å²) in [4.78, 5) is 24.4. The summed E-state index contributed by atoms with van der Waals surface area (Å²) in [6.07, 6.45) is 1.26. The van der Waals surface area contributed by atoms with Crippen molar-refractivity contribution in [1.82, 2.24) is 5.32 Å². The van der Waals surface area contributed by atoms with Gasteiger partial charge in [0.1, 0.15) is 5.57 Å². The van der Waals surface area contributed by atoms with Crippen molar-refractivity contribution in [2.45, 2.75) is 32.7 Å². The van der Waals surface area contributed by atoms with Crippen LogP contribution < -0.4 is 5.32 Å². The number of aliphatic hydroxyl groups is 1. The molecule has 0 aliphatic rings. The first-order valence-electron chi connectivity index (χ1n) is 7.75. The van der Waals surface area contributed by atoms with Crippen LogP contribution in [-0.4, -0.2) is 35.6 Å². The van der Waals surface area contributed by atoms with Gasteiger partial charge in [-0.3, -0.25) is 4.79 Å².